The second kappa shape index (κ2) is 8.36. The van der Waals surface area contributed by atoms with Crippen LogP contribution < -0.4 is 9.03 Å². The van der Waals surface area contributed by atoms with Crippen molar-refractivity contribution < 1.29 is 16.8 Å². The standard InChI is InChI=1S/C23H24N2O4S2/c1-18-7-5-8-19(15-18)17-30(26,27)24-21-13-12-20-9-6-14-25(23(20)16-21)31(28,29)22-10-3-2-4-11-22/h2-5,7-8,10-13,15-16,24H,6,9,14,17H2,1H3. The van der Waals surface area contributed by atoms with E-state index in [0.29, 0.717) is 29.9 Å². The minimum atomic E-state index is -3.73. The molecule has 3 aromatic carbocycles. The molecule has 0 radical (unpaired) electrons. The lowest BCUT2D eigenvalue weighted by Gasteiger charge is -2.31. The maximum Gasteiger partial charge on any atom is 0.264 e. The molecule has 1 aliphatic rings. The van der Waals surface area contributed by atoms with Gasteiger partial charge in [0.2, 0.25) is 10.0 Å². The van der Waals surface area contributed by atoms with Gasteiger partial charge in [-0.3, -0.25) is 9.03 Å². The van der Waals surface area contributed by atoms with Crippen molar-refractivity contribution in [2.75, 3.05) is 15.6 Å². The normalized spacial score (nSPS) is 14.2. The number of nitrogens with one attached hydrogen (secondary N) is 1. The van der Waals surface area contributed by atoms with E-state index in [1.807, 2.05) is 25.1 Å². The number of hydrogen-bond acceptors (Lipinski definition) is 4. The summed E-state index contributed by atoms with van der Waals surface area (Å²) in [7, 11) is -7.39. The fourth-order valence-electron chi connectivity index (χ4n) is 3.81. The van der Waals surface area contributed by atoms with Crippen molar-refractivity contribution in [3.8, 4) is 0 Å². The van der Waals surface area contributed by atoms with Gasteiger partial charge in [0.25, 0.3) is 10.0 Å². The largest absolute Gasteiger partial charge is 0.283 e. The highest BCUT2D eigenvalue weighted by atomic mass is 32.2. The van der Waals surface area contributed by atoms with Crippen molar-refractivity contribution in [2.24, 2.45) is 0 Å². The van der Waals surface area contributed by atoms with Gasteiger partial charge in [0.15, 0.2) is 0 Å². The number of hydrogen-bond donors (Lipinski definition) is 1. The molecule has 0 bridgehead atoms. The van der Waals surface area contributed by atoms with Crippen LogP contribution in [0.4, 0.5) is 11.4 Å². The summed E-state index contributed by atoms with van der Waals surface area (Å²) >= 11 is 0. The molecule has 0 aliphatic carbocycles. The van der Waals surface area contributed by atoms with E-state index in [-0.39, 0.29) is 10.6 Å². The summed E-state index contributed by atoms with van der Waals surface area (Å²) in [5.74, 6) is -0.155. The van der Waals surface area contributed by atoms with Crippen molar-refractivity contribution in [1.82, 2.24) is 0 Å². The van der Waals surface area contributed by atoms with Crippen LogP contribution in [-0.2, 0) is 32.2 Å². The van der Waals surface area contributed by atoms with Crippen LogP contribution in [0.25, 0.3) is 0 Å². The first-order valence-electron chi connectivity index (χ1n) is 10.0. The van der Waals surface area contributed by atoms with E-state index in [1.165, 1.54) is 4.31 Å². The molecule has 0 aromatic heterocycles. The SMILES string of the molecule is Cc1cccc(CS(=O)(=O)Nc2ccc3c(c2)N(S(=O)(=O)c2ccccc2)CCC3)c1. The van der Waals surface area contributed by atoms with Gasteiger partial charge in [-0.15, -0.1) is 0 Å². The van der Waals surface area contributed by atoms with Gasteiger partial charge in [-0.1, -0.05) is 54.1 Å². The Morgan fingerprint density at radius 2 is 1.68 bits per heavy atom. The molecule has 0 saturated carbocycles. The summed E-state index contributed by atoms with van der Waals surface area (Å²) in [6.07, 6.45) is 1.45. The molecule has 31 heavy (non-hydrogen) atoms. The molecule has 0 saturated heterocycles. The van der Waals surface area contributed by atoms with Gasteiger partial charge >= 0.3 is 0 Å². The quantitative estimate of drug-likeness (QED) is 0.606. The van der Waals surface area contributed by atoms with Crippen LogP contribution in [0.2, 0.25) is 0 Å². The number of benzene rings is 3. The molecular formula is C23H24N2O4S2. The highest BCUT2D eigenvalue weighted by molar-refractivity contribution is 7.93. The van der Waals surface area contributed by atoms with E-state index in [1.54, 1.807) is 54.6 Å². The summed E-state index contributed by atoms with van der Waals surface area (Å²) in [6.45, 7) is 2.26. The molecule has 1 N–H and O–H groups in total. The third-order valence-electron chi connectivity index (χ3n) is 5.21. The van der Waals surface area contributed by atoms with Gasteiger partial charge < -0.3 is 0 Å². The zero-order chi connectivity index (χ0) is 22.1. The van der Waals surface area contributed by atoms with Crippen LogP contribution in [0, 0.1) is 6.92 Å². The van der Waals surface area contributed by atoms with Crippen molar-refractivity contribution in [1.29, 1.82) is 0 Å². The minimum Gasteiger partial charge on any atom is -0.283 e. The second-order valence-electron chi connectivity index (χ2n) is 7.69. The predicted molar refractivity (Wildman–Crippen MR) is 123 cm³/mol. The molecule has 0 unspecified atom stereocenters. The van der Waals surface area contributed by atoms with Crippen LogP contribution in [0.3, 0.4) is 0 Å². The summed E-state index contributed by atoms with van der Waals surface area (Å²) < 4.78 is 55.8. The summed E-state index contributed by atoms with van der Waals surface area (Å²) in [5.41, 5.74) is 3.43. The Morgan fingerprint density at radius 3 is 2.42 bits per heavy atom. The molecule has 0 spiro atoms. The molecule has 6 nitrogen and oxygen atoms in total. The molecular weight excluding hydrogens is 432 g/mol. The topological polar surface area (TPSA) is 83.6 Å². The Bertz CT molecular complexity index is 1300. The number of aryl methyl sites for hydroxylation is 2. The van der Waals surface area contributed by atoms with E-state index in [9.17, 15) is 16.8 Å². The highest BCUT2D eigenvalue weighted by Gasteiger charge is 2.29. The zero-order valence-electron chi connectivity index (χ0n) is 17.2. The second-order valence-corrected chi connectivity index (χ2v) is 11.3. The number of rotatable bonds is 6. The van der Waals surface area contributed by atoms with E-state index in [2.05, 4.69) is 4.72 Å². The lowest BCUT2D eigenvalue weighted by Crippen LogP contribution is -2.35. The van der Waals surface area contributed by atoms with Crippen molar-refractivity contribution in [3.05, 3.63) is 89.5 Å². The average molecular weight is 457 g/mol. The average Bonchev–Trinajstić information content (AvgIpc) is 2.73. The van der Waals surface area contributed by atoms with Crippen molar-refractivity contribution in [2.45, 2.75) is 30.4 Å². The smallest absolute Gasteiger partial charge is 0.264 e. The van der Waals surface area contributed by atoms with Crippen LogP contribution >= 0.6 is 0 Å². The van der Waals surface area contributed by atoms with Crippen molar-refractivity contribution in [3.63, 3.8) is 0 Å². The molecule has 8 heteroatoms. The van der Waals surface area contributed by atoms with Gasteiger partial charge in [0, 0.05) is 6.54 Å². The summed E-state index contributed by atoms with van der Waals surface area (Å²) in [4.78, 5) is 0.216. The minimum absolute atomic E-state index is 0.155. The van der Waals surface area contributed by atoms with Crippen LogP contribution in [0.5, 0.6) is 0 Å². The maximum atomic E-state index is 13.2. The predicted octanol–water partition coefficient (Wildman–Crippen LogP) is 4.08. The fraction of sp³-hybridized carbons (Fsp3) is 0.217. The first-order chi connectivity index (χ1) is 14.7. The summed E-state index contributed by atoms with van der Waals surface area (Å²) in [6, 6.07) is 20.7. The lowest BCUT2D eigenvalue weighted by molar-refractivity contribution is 0.586. The first-order valence-corrected chi connectivity index (χ1v) is 13.1. The highest BCUT2D eigenvalue weighted by Crippen LogP contribution is 2.34. The maximum absolute atomic E-state index is 13.2. The fourth-order valence-corrected chi connectivity index (χ4v) is 6.54. The molecule has 162 valence electrons. The molecule has 3 aromatic rings. The number of nitrogens with zero attached hydrogens (tertiary/aromatic N) is 1. The monoisotopic (exact) mass is 456 g/mol. The molecule has 1 heterocycles. The van der Waals surface area contributed by atoms with E-state index in [0.717, 1.165) is 17.5 Å². The van der Waals surface area contributed by atoms with Gasteiger partial charge in [0.1, 0.15) is 0 Å². The van der Waals surface area contributed by atoms with E-state index < -0.39 is 20.0 Å². The Morgan fingerprint density at radius 1 is 0.903 bits per heavy atom. The van der Waals surface area contributed by atoms with Gasteiger partial charge in [0.05, 0.1) is 22.0 Å². The first kappa shape index (κ1) is 21.4. The molecule has 4 rings (SSSR count). The zero-order valence-corrected chi connectivity index (χ0v) is 18.8. The van der Waals surface area contributed by atoms with Gasteiger partial charge in [-0.05, 0) is 55.2 Å². The number of sulfonamides is 2. The summed E-state index contributed by atoms with van der Waals surface area (Å²) in [5, 5.41) is 0. The molecule has 0 amide bonds. The Kier molecular flexibility index (Phi) is 5.77. The van der Waals surface area contributed by atoms with Crippen LogP contribution in [0.15, 0.2) is 77.7 Å². The Balaban J connectivity index is 1.63. The van der Waals surface area contributed by atoms with Gasteiger partial charge in [-0.25, -0.2) is 16.8 Å². The van der Waals surface area contributed by atoms with Crippen LogP contribution in [0.1, 0.15) is 23.1 Å². The Labute approximate surface area is 183 Å². The molecule has 0 atom stereocenters. The lowest BCUT2D eigenvalue weighted by atomic mass is 10.0. The van der Waals surface area contributed by atoms with Crippen molar-refractivity contribution >= 4 is 31.4 Å². The van der Waals surface area contributed by atoms with E-state index >= 15 is 0 Å². The number of anilines is 2. The number of fused-ring (bicyclic) bond motifs is 1. The third kappa shape index (κ3) is 4.75. The third-order valence-corrected chi connectivity index (χ3v) is 8.29. The van der Waals surface area contributed by atoms with E-state index in [4.69, 9.17) is 0 Å². The molecule has 1 aliphatic heterocycles. The molecule has 0 fully saturated rings. The van der Waals surface area contributed by atoms with Crippen LogP contribution in [-0.4, -0.2) is 23.4 Å². The van der Waals surface area contributed by atoms with Gasteiger partial charge in [-0.2, -0.15) is 0 Å². The Hall–Kier alpha value is -2.84.